The number of hydrogen-bond acceptors (Lipinski definition) is 6. The van der Waals surface area contributed by atoms with Crippen LogP contribution in [0.15, 0.2) is 41.0 Å². The maximum Gasteiger partial charge on any atom is 0.310 e. The number of hydrogen-bond donors (Lipinski definition) is 1. The van der Waals surface area contributed by atoms with Gasteiger partial charge in [0, 0.05) is 6.07 Å². The van der Waals surface area contributed by atoms with Crippen LogP contribution >= 0.6 is 0 Å². The minimum absolute atomic E-state index is 0.0420. The topological polar surface area (TPSA) is 95.0 Å². The lowest BCUT2D eigenvalue weighted by molar-refractivity contribution is -0.385. The average Bonchev–Trinajstić information content (AvgIpc) is 2.98. The Labute approximate surface area is 127 Å². The van der Waals surface area contributed by atoms with Crippen molar-refractivity contribution >= 4 is 5.69 Å². The second-order valence-electron chi connectivity index (χ2n) is 4.79. The predicted octanol–water partition coefficient (Wildman–Crippen LogP) is 2.45. The fourth-order valence-electron chi connectivity index (χ4n) is 1.81. The molecule has 0 aliphatic carbocycles. The first-order chi connectivity index (χ1) is 10.6. The van der Waals surface area contributed by atoms with Crippen molar-refractivity contribution in [2.45, 2.75) is 19.6 Å². The lowest BCUT2D eigenvalue weighted by atomic mass is 10.2. The van der Waals surface area contributed by atoms with Crippen LogP contribution in [0.25, 0.3) is 0 Å². The van der Waals surface area contributed by atoms with Gasteiger partial charge >= 0.3 is 5.69 Å². The number of nitro groups is 1. The Kier molecular flexibility index (Phi) is 5.51. The van der Waals surface area contributed by atoms with Gasteiger partial charge in [-0.25, -0.2) is 0 Å². The molecule has 0 saturated carbocycles. The van der Waals surface area contributed by atoms with Gasteiger partial charge in [-0.1, -0.05) is 6.07 Å². The molecule has 2 aromatic rings. The highest BCUT2D eigenvalue weighted by Crippen LogP contribution is 2.27. The minimum atomic E-state index is -0.893. The predicted molar refractivity (Wildman–Crippen MR) is 77.7 cm³/mol. The quantitative estimate of drug-likeness (QED) is 0.594. The summed E-state index contributed by atoms with van der Waals surface area (Å²) in [5.74, 6) is 0.789. The van der Waals surface area contributed by atoms with E-state index < -0.39 is 11.0 Å². The van der Waals surface area contributed by atoms with Gasteiger partial charge in [0.05, 0.1) is 17.8 Å². The van der Waals surface area contributed by atoms with E-state index in [1.165, 1.54) is 12.3 Å². The largest absolute Gasteiger partial charge is 0.484 e. The lowest BCUT2D eigenvalue weighted by Crippen LogP contribution is -2.23. The van der Waals surface area contributed by atoms with E-state index >= 15 is 0 Å². The van der Waals surface area contributed by atoms with Crippen LogP contribution < -0.4 is 4.74 Å². The summed E-state index contributed by atoms with van der Waals surface area (Å²) in [6.07, 6.45) is 0.643. The fourth-order valence-corrected chi connectivity index (χ4v) is 1.81. The minimum Gasteiger partial charge on any atom is -0.484 e. The van der Waals surface area contributed by atoms with Crippen molar-refractivity contribution in [3.63, 3.8) is 0 Å². The number of aliphatic hydroxyl groups excluding tert-OH is 1. The van der Waals surface area contributed by atoms with Crippen LogP contribution in [0.4, 0.5) is 5.69 Å². The molecule has 1 N–H and O–H groups in total. The Morgan fingerprint density at radius 3 is 2.86 bits per heavy atom. The Bertz CT molecular complexity index is 611. The maximum atomic E-state index is 10.9. The summed E-state index contributed by atoms with van der Waals surface area (Å²) < 4.78 is 15.7. The maximum absolute atomic E-state index is 10.9. The van der Waals surface area contributed by atoms with Crippen LogP contribution in [0.1, 0.15) is 11.3 Å². The molecule has 7 nitrogen and oxygen atoms in total. The standard InChI is InChI=1S/C15H17NO6/c1-11-4-5-14(16(18)19)15(7-11)22-9-12(17)8-20-10-13-3-2-6-21-13/h2-7,12,17H,8-10H2,1H3. The Morgan fingerprint density at radius 2 is 2.18 bits per heavy atom. The van der Waals surface area contributed by atoms with E-state index in [2.05, 4.69) is 0 Å². The van der Waals surface area contributed by atoms with Crippen molar-refractivity contribution in [2.24, 2.45) is 0 Å². The van der Waals surface area contributed by atoms with Crippen molar-refractivity contribution in [1.29, 1.82) is 0 Å². The smallest absolute Gasteiger partial charge is 0.310 e. The molecule has 0 aliphatic rings. The summed E-state index contributed by atoms with van der Waals surface area (Å²) in [4.78, 5) is 10.4. The van der Waals surface area contributed by atoms with E-state index in [1.807, 2.05) is 0 Å². The van der Waals surface area contributed by atoms with Crippen LogP contribution in [-0.2, 0) is 11.3 Å². The first-order valence-electron chi connectivity index (χ1n) is 6.72. The lowest BCUT2D eigenvalue weighted by Gasteiger charge is -2.12. The van der Waals surface area contributed by atoms with E-state index in [9.17, 15) is 15.2 Å². The van der Waals surface area contributed by atoms with Crippen molar-refractivity contribution in [3.8, 4) is 5.75 Å². The molecule has 0 fully saturated rings. The van der Waals surface area contributed by atoms with E-state index in [0.717, 1.165) is 5.56 Å². The van der Waals surface area contributed by atoms with Gasteiger partial charge in [-0.05, 0) is 30.7 Å². The van der Waals surface area contributed by atoms with E-state index in [4.69, 9.17) is 13.9 Å². The highest BCUT2D eigenvalue weighted by atomic mass is 16.6. The summed E-state index contributed by atoms with van der Waals surface area (Å²) >= 11 is 0. The number of nitrogens with zero attached hydrogens (tertiary/aromatic N) is 1. The molecule has 2 rings (SSSR count). The van der Waals surface area contributed by atoms with Gasteiger partial charge < -0.3 is 19.0 Å². The molecule has 0 radical (unpaired) electrons. The van der Waals surface area contributed by atoms with E-state index in [0.29, 0.717) is 5.76 Å². The monoisotopic (exact) mass is 307 g/mol. The van der Waals surface area contributed by atoms with Crippen molar-refractivity contribution < 1.29 is 23.9 Å². The Balaban J connectivity index is 1.81. The zero-order valence-electron chi connectivity index (χ0n) is 12.1. The fraction of sp³-hybridized carbons (Fsp3) is 0.333. The van der Waals surface area contributed by atoms with Gasteiger partial charge in [0.1, 0.15) is 25.1 Å². The van der Waals surface area contributed by atoms with Crippen LogP contribution in [-0.4, -0.2) is 29.3 Å². The molecule has 7 heteroatoms. The molecule has 1 atom stereocenters. The van der Waals surface area contributed by atoms with Gasteiger partial charge in [0.15, 0.2) is 5.75 Å². The zero-order chi connectivity index (χ0) is 15.9. The molecule has 0 bridgehead atoms. The third-order valence-electron chi connectivity index (χ3n) is 2.88. The number of furan rings is 1. The first kappa shape index (κ1) is 16.0. The highest BCUT2D eigenvalue weighted by Gasteiger charge is 2.16. The Morgan fingerprint density at radius 1 is 1.36 bits per heavy atom. The molecular weight excluding hydrogens is 290 g/mol. The normalized spacial score (nSPS) is 12.1. The highest BCUT2D eigenvalue weighted by molar-refractivity contribution is 5.48. The van der Waals surface area contributed by atoms with Gasteiger partial charge in [-0.2, -0.15) is 0 Å². The molecule has 1 unspecified atom stereocenters. The summed E-state index contributed by atoms with van der Waals surface area (Å²) in [6.45, 7) is 2.00. The number of nitro benzene ring substituents is 1. The third kappa shape index (κ3) is 4.57. The van der Waals surface area contributed by atoms with Crippen molar-refractivity contribution in [1.82, 2.24) is 0 Å². The Hall–Kier alpha value is -2.38. The van der Waals surface area contributed by atoms with E-state index in [-0.39, 0.29) is 31.3 Å². The molecule has 1 aromatic carbocycles. The molecule has 22 heavy (non-hydrogen) atoms. The molecule has 0 saturated heterocycles. The SMILES string of the molecule is Cc1ccc([N+](=O)[O-])c(OCC(O)COCc2ccco2)c1. The van der Waals surface area contributed by atoms with Crippen LogP contribution in [0.5, 0.6) is 5.75 Å². The van der Waals surface area contributed by atoms with Crippen LogP contribution in [0.3, 0.4) is 0 Å². The molecule has 0 amide bonds. The third-order valence-corrected chi connectivity index (χ3v) is 2.88. The summed E-state index contributed by atoms with van der Waals surface area (Å²) in [6, 6.07) is 8.08. The number of benzene rings is 1. The van der Waals surface area contributed by atoms with Gasteiger partial charge in [0.2, 0.25) is 0 Å². The molecule has 0 aliphatic heterocycles. The van der Waals surface area contributed by atoms with Gasteiger partial charge in [0.25, 0.3) is 0 Å². The molecule has 118 valence electrons. The van der Waals surface area contributed by atoms with Crippen molar-refractivity contribution in [2.75, 3.05) is 13.2 Å². The molecular formula is C15H17NO6. The number of ether oxygens (including phenoxy) is 2. The number of aryl methyl sites for hydroxylation is 1. The summed E-state index contributed by atoms with van der Waals surface area (Å²) in [5.41, 5.74) is 0.707. The second-order valence-corrected chi connectivity index (χ2v) is 4.79. The van der Waals surface area contributed by atoms with Gasteiger partial charge in [-0.15, -0.1) is 0 Å². The number of rotatable bonds is 8. The summed E-state index contributed by atoms with van der Waals surface area (Å²) in [7, 11) is 0. The molecule has 1 heterocycles. The van der Waals surface area contributed by atoms with Crippen LogP contribution in [0, 0.1) is 17.0 Å². The van der Waals surface area contributed by atoms with Crippen LogP contribution in [0.2, 0.25) is 0 Å². The molecule has 0 spiro atoms. The average molecular weight is 307 g/mol. The second kappa shape index (κ2) is 7.58. The first-order valence-corrected chi connectivity index (χ1v) is 6.72. The van der Waals surface area contributed by atoms with Crippen molar-refractivity contribution in [3.05, 3.63) is 58.0 Å². The van der Waals surface area contributed by atoms with Gasteiger partial charge in [-0.3, -0.25) is 10.1 Å². The molecule has 1 aromatic heterocycles. The zero-order valence-corrected chi connectivity index (χ0v) is 12.1. The van der Waals surface area contributed by atoms with E-state index in [1.54, 1.807) is 31.2 Å². The summed E-state index contributed by atoms with van der Waals surface area (Å²) in [5, 5.41) is 20.7. The number of aliphatic hydroxyl groups is 1.